The Morgan fingerprint density at radius 1 is 1.35 bits per heavy atom. The third-order valence-corrected chi connectivity index (χ3v) is 2.34. The molecule has 0 amide bonds. The summed E-state index contributed by atoms with van der Waals surface area (Å²) >= 11 is 0. The second kappa shape index (κ2) is 3.93. The molecule has 0 bridgehead atoms. The summed E-state index contributed by atoms with van der Waals surface area (Å²) in [6.45, 7) is 1.74. The summed E-state index contributed by atoms with van der Waals surface area (Å²) in [6.07, 6.45) is 0. The molecule has 88 valence electrons. The molecule has 0 fully saturated rings. The van der Waals surface area contributed by atoms with Crippen molar-refractivity contribution in [3.8, 4) is 5.75 Å². The van der Waals surface area contributed by atoms with Gasteiger partial charge in [0, 0.05) is 6.07 Å². The number of aromatic hydroxyl groups is 1. The van der Waals surface area contributed by atoms with Gasteiger partial charge in [-0.25, -0.2) is 4.79 Å². The van der Waals surface area contributed by atoms with Gasteiger partial charge in [0.2, 0.25) is 5.76 Å². The van der Waals surface area contributed by atoms with E-state index in [1.54, 1.807) is 13.0 Å². The molecule has 1 aromatic carbocycles. The van der Waals surface area contributed by atoms with Gasteiger partial charge >= 0.3 is 5.97 Å². The van der Waals surface area contributed by atoms with Crippen LogP contribution in [0.5, 0.6) is 5.75 Å². The van der Waals surface area contributed by atoms with Crippen LogP contribution in [0, 0.1) is 6.92 Å². The molecule has 1 aromatic heterocycles. The molecule has 17 heavy (non-hydrogen) atoms. The molecule has 0 aliphatic heterocycles. The molecular weight excluding hydrogens is 224 g/mol. The fourth-order valence-corrected chi connectivity index (χ4v) is 1.60. The van der Waals surface area contributed by atoms with Crippen LogP contribution in [0.4, 0.5) is 0 Å². The molecule has 2 rings (SSSR count). The monoisotopic (exact) mass is 234 g/mol. The highest BCUT2D eigenvalue weighted by atomic mass is 16.5. The van der Waals surface area contributed by atoms with E-state index in [2.05, 4.69) is 4.74 Å². The van der Waals surface area contributed by atoms with Crippen molar-refractivity contribution in [1.29, 1.82) is 0 Å². The van der Waals surface area contributed by atoms with Crippen molar-refractivity contribution >= 4 is 16.9 Å². The third-order valence-electron chi connectivity index (χ3n) is 2.34. The second-order valence-corrected chi connectivity index (χ2v) is 3.62. The van der Waals surface area contributed by atoms with Gasteiger partial charge in [0.1, 0.15) is 16.7 Å². The number of phenolic OH excluding ortho intramolecular Hbond substituents is 1. The summed E-state index contributed by atoms with van der Waals surface area (Å²) in [4.78, 5) is 23.0. The Bertz CT molecular complexity index is 654. The number of benzene rings is 1. The maximum absolute atomic E-state index is 11.7. The first-order valence-corrected chi connectivity index (χ1v) is 4.88. The fourth-order valence-electron chi connectivity index (χ4n) is 1.60. The van der Waals surface area contributed by atoms with Crippen LogP contribution in [0.2, 0.25) is 0 Å². The van der Waals surface area contributed by atoms with Crippen molar-refractivity contribution in [3.63, 3.8) is 0 Å². The number of aryl methyl sites for hydroxylation is 1. The van der Waals surface area contributed by atoms with Crippen molar-refractivity contribution in [2.24, 2.45) is 0 Å². The van der Waals surface area contributed by atoms with Crippen molar-refractivity contribution in [1.82, 2.24) is 0 Å². The number of phenols is 1. The number of hydrogen-bond acceptors (Lipinski definition) is 5. The van der Waals surface area contributed by atoms with Crippen LogP contribution in [0.15, 0.2) is 27.4 Å². The number of fused-ring (bicyclic) bond motifs is 1. The van der Waals surface area contributed by atoms with Gasteiger partial charge in [-0.05, 0) is 24.6 Å². The summed E-state index contributed by atoms with van der Waals surface area (Å²) < 4.78 is 9.69. The van der Waals surface area contributed by atoms with Crippen LogP contribution in [-0.4, -0.2) is 18.2 Å². The lowest BCUT2D eigenvalue weighted by atomic mass is 10.1. The van der Waals surface area contributed by atoms with Gasteiger partial charge in [0.05, 0.1) is 7.11 Å². The van der Waals surface area contributed by atoms with Gasteiger partial charge in [0.25, 0.3) is 0 Å². The first-order chi connectivity index (χ1) is 8.02. The first kappa shape index (κ1) is 11.2. The van der Waals surface area contributed by atoms with Crippen molar-refractivity contribution in [3.05, 3.63) is 39.7 Å². The first-order valence-electron chi connectivity index (χ1n) is 4.88. The molecule has 5 heteroatoms. The average Bonchev–Trinajstić information content (AvgIpc) is 2.26. The highest BCUT2D eigenvalue weighted by Gasteiger charge is 2.14. The van der Waals surface area contributed by atoms with Crippen LogP contribution in [-0.2, 0) is 4.74 Å². The minimum absolute atomic E-state index is 0.0586. The molecule has 0 aliphatic rings. The van der Waals surface area contributed by atoms with Crippen LogP contribution < -0.4 is 5.43 Å². The Hall–Kier alpha value is -2.30. The van der Waals surface area contributed by atoms with E-state index < -0.39 is 11.4 Å². The largest absolute Gasteiger partial charge is 0.507 e. The standard InChI is InChI=1S/C12H10O5/c1-6-3-7(13)11-8(14)5-10(12(15)16-2)17-9(11)4-6/h3-5,13H,1-2H3. The summed E-state index contributed by atoms with van der Waals surface area (Å²) in [6, 6.07) is 4.03. The normalized spacial score (nSPS) is 10.5. The van der Waals surface area contributed by atoms with Gasteiger partial charge in [-0.1, -0.05) is 0 Å². The Morgan fingerprint density at radius 2 is 2.06 bits per heavy atom. The molecule has 0 spiro atoms. The zero-order chi connectivity index (χ0) is 12.6. The number of methoxy groups -OCH3 is 1. The molecule has 0 atom stereocenters. The van der Waals surface area contributed by atoms with Gasteiger partial charge in [0.15, 0.2) is 5.43 Å². The van der Waals surface area contributed by atoms with Crippen LogP contribution >= 0.6 is 0 Å². The van der Waals surface area contributed by atoms with E-state index in [0.29, 0.717) is 0 Å². The highest BCUT2D eigenvalue weighted by molar-refractivity contribution is 5.90. The summed E-state index contributed by atoms with van der Waals surface area (Å²) in [5, 5.41) is 9.70. The van der Waals surface area contributed by atoms with Crippen LogP contribution in [0.3, 0.4) is 0 Å². The number of carbonyl (C=O) groups is 1. The summed E-state index contributed by atoms with van der Waals surface area (Å²) in [5.41, 5.74) is 0.403. The maximum atomic E-state index is 11.7. The lowest BCUT2D eigenvalue weighted by Crippen LogP contribution is -2.08. The SMILES string of the molecule is COC(=O)c1cc(=O)c2c(O)cc(C)cc2o1. The van der Waals surface area contributed by atoms with E-state index in [4.69, 9.17) is 4.42 Å². The quantitative estimate of drug-likeness (QED) is 0.758. The Labute approximate surface area is 96.2 Å². The van der Waals surface area contributed by atoms with Crippen molar-refractivity contribution < 1.29 is 19.1 Å². The second-order valence-electron chi connectivity index (χ2n) is 3.62. The zero-order valence-electron chi connectivity index (χ0n) is 9.31. The summed E-state index contributed by atoms with van der Waals surface area (Å²) in [7, 11) is 1.19. The Balaban J connectivity index is 2.82. The maximum Gasteiger partial charge on any atom is 0.374 e. The van der Waals surface area contributed by atoms with Gasteiger partial charge in [-0.3, -0.25) is 4.79 Å². The van der Waals surface area contributed by atoms with E-state index >= 15 is 0 Å². The molecule has 1 N–H and O–H groups in total. The molecule has 1 heterocycles. The molecule has 0 aliphatic carbocycles. The van der Waals surface area contributed by atoms with Gasteiger partial charge in [-0.15, -0.1) is 0 Å². The molecule has 0 unspecified atom stereocenters. The molecule has 5 nitrogen and oxygen atoms in total. The molecule has 0 saturated heterocycles. The van der Waals surface area contributed by atoms with E-state index in [9.17, 15) is 14.7 Å². The molecule has 2 aromatic rings. The number of hydrogen-bond donors (Lipinski definition) is 1. The zero-order valence-corrected chi connectivity index (χ0v) is 9.31. The van der Waals surface area contributed by atoms with E-state index in [1.807, 2.05) is 0 Å². The lowest BCUT2D eigenvalue weighted by molar-refractivity contribution is 0.0565. The highest BCUT2D eigenvalue weighted by Crippen LogP contribution is 2.24. The topological polar surface area (TPSA) is 76.7 Å². The van der Waals surface area contributed by atoms with Gasteiger partial charge in [-0.2, -0.15) is 0 Å². The predicted molar refractivity (Wildman–Crippen MR) is 60.2 cm³/mol. The van der Waals surface area contributed by atoms with Gasteiger partial charge < -0.3 is 14.3 Å². The lowest BCUT2D eigenvalue weighted by Gasteiger charge is -2.03. The van der Waals surface area contributed by atoms with E-state index in [1.165, 1.54) is 13.2 Å². The number of carbonyl (C=O) groups excluding carboxylic acids is 1. The number of ether oxygens (including phenoxy) is 1. The van der Waals surface area contributed by atoms with E-state index in [0.717, 1.165) is 11.6 Å². The van der Waals surface area contributed by atoms with Crippen LogP contribution in [0.1, 0.15) is 16.1 Å². The predicted octanol–water partition coefficient (Wildman–Crippen LogP) is 1.59. The summed E-state index contributed by atoms with van der Waals surface area (Å²) in [5.74, 6) is -1.08. The minimum atomic E-state index is -0.731. The Kier molecular flexibility index (Phi) is 2.59. The average molecular weight is 234 g/mol. The van der Waals surface area contributed by atoms with E-state index in [-0.39, 0.29) is 22.5 Å². The third kappa shape index (κ3) is 1.87. The van der Waals surface area contributed by atoms with Crippen LogP contribution in [0.25, 0.3) is 11.0 Å². The molecule has 0 radical (unpaired) electrons. The fraction of sp³-hybridized carbons (Fsp3) is 0.167. The Morgan fingerprint density at radius 3 is 2.71 bits per heavy atom. The van der Waals surface area contributed by atoms with Crippen molar-refractivity contribution in [2.75, 3.05) is 7.11 Å². The van der Waals surface area contributed by atoms with Crippen molar-refractivity contribution in [2.45, 2.75) is 6.92 Å². The molecule has 0 saturated carbocycles. The molecular formula is C12H10O5. The smallest absolute Gasteiger partial charge is 0.374 e. The number of rotatable bonds is 1. The minimum Gasteiger partial charge on any atom is -0.507 e. The number of esters is 1.